The van der Waals surface area contributed by atoms with E-state index in [1.807, 2.05) is 0 Å². The minimum atomic E-state index is -0.900. The third-order valence-corrected chi connectivity index (χ3v) is 3.70. The standard InChI is InChI=1S/C9H18N2O2S/c1-9(11,8(10)12)6-14-5-7-3-2-4-13-7/h7H,2-6,11H2,1H3,(H2,10,12). The van der Waals surface area contributed by atoms with Gasteiger partial charge in [-0.15, -0.1) is 0 Å². The Hall–Kier alpha value is -0.260. The Morgan fingerprint density at radius 3 is 2.93 bits per heavy atom. The van der Waals surface area contributed by atoms with Gasteiger partial charge in [-0.05, 0) is 19.8 Å². The zero-order valence-corrected chi connectivity index (χ0v) is 9.31. The highest BCUT2D eigenvalue weighted by atomic mass is 32.2. The molecule has 5 heteroatoms. The Kier molecular flexibility index (Phi) is 4.22. The lowest BCUT2D eigenvalue weighted by molar-refractivity contribution is -0.121. The molecule has 2 unspecified atom stereocenters. The van der Waals surface area contributed by atoms with Crippen LogP contribution < -0.4 is 11.5 Å². The predicted molar refractivity (Wildman–Crippen MR) is 58.1 cm³/mol. The molecular formula is C9H18N2O2S. The van der Waals surface area contributed by atoms with Crippen LogP contribution in [0.5, 0.6) is 0 Å². The highest BCUT2D eigenvalue weighted by molar-refractivity contribution is 7.99. The van der Waals surface area contributed by atoms with Gasteiger partial charge in [0, 0.05) is 18.1 Å². The number of hydrogen-bond donors (Lipinski definition) is 2. The van der Waals surface area contributed by atoms with Gasteiger partial charge in [0.15, 0.2) is 0 Å². The number of hydrogen-bond acceptors (Lipinski definition) is 4. The lowest BCUT2D eigenvalue weighted by Crippen LogP contribution is -2.51. The van der Waals surface area contributed by atoms with Crippen molar-refractivity contribution in [3.63, 3.8) is 0 Å². The number of thioether (sulfide) groups is 1. The summed E-state index contributed by atoms with van der Waals surface area (Å²) in [4.78, 5) is 10.9. The second kappa shape index (κ2) is 5.00. The second-order valence-corrected chi connectivity index (χ2v) is 4.96. The minimum Gasteiger partial charge on any atom is -0.377 e. The number of carbonyl (C=O) groups is 1. The lowest BCUT2D eigenvalue weighted by Gasteiger charge is -2.20. The summed E-state index contributed by atoms with van der Waals surface area (Å²) in [5.41, 5.74) is 9.96. The SMILES string of the molecule is CC(N)(CSCC1CCCO1)C(N)=O. The van der Waals surface area contributed by atoms with Crippen LogP contribution in [0, 0.1) is 0 Å². The van der Waals surface area contributed by atoms with Crippen molar-refractivity contribution in [2.45, 2.75) is 31.4 Å². The number of nitrogens with two attached hydrogens (primary N) is 2. The average molecular weight is 218 g/mol. The topological polar surface area (TPSA) is 78.3 Å². The van der Waals surface area contributed by atoms with Crippen LogP contribution in [-0.4, -0.2) is 35.7 Å². The predicted octanol–water partition coefficient (Wildman–Crippen LogP) is 0.101. The maximum Gasteiger partial charge on any atom is 0.238 e. The van der Waals surface area contributed by atoms with E-state index in [2.05, 4.69) is 0 Å². The molecule has 0 aromatic rings. The molecule has 0 radical (unpaired) electrons. The van der Waals surface area contributed by atoms with E-state index in [1.54, 1.807) is 18.7 Å². The Morgan fingerprint density at radius 2 is 2.43 bits per heavy atom. The van der Waals surface area contributed by atoms with Gasteiger partial charge in [0.05, 0.1) is 6.10 Å². The molecule has 0 saturated carbocycles. The molecular weight excluding hydrogens is 200 g/mol. The summed E-state index contributed by atoms with van der Waals surface area (Å²) in [6.45, 7) is 2.53. The molecule has 1 saturated heterocycles. The monoisotopic (exact) mass is 218 g/mol. The van der Waals surface area contributed by atoms with Crippen molar-refractivity contribution in [3.05, 3.63) is 0 Å². The summed E-state index contributed by atoms with van der Waals surface area (Å²) in [6.07, 6.45) is 2.59. The fourth-order valence-electron chi connectivity index (χ4n) is 1.25. The number of amides is 1. The van der Waals surface area contributed by atoms with Gasteiger partial charge in [0.25, 0.3) is 0 Å². The largest absolute Gasteiger partial charge is 0.377 e. The number of primary amides is 1. The molecule has 0 bridgehead atoms. The van der Waals surface area contributed by atoms with Crippen LogP contribution in [0.4, 0.5) is 0 Å². The molecule has 0 spiro atoms. The van der Waals surface area contributed by atoms with Gasteiger partial charge in [-0.3, -0.25) is 4.79 Å². The molecule has 0 aromatic carbocycles. The zero-order chi connectivity index (χ0) is 10.6. The highest BCUT2D eigenvalue weighted by Gasteiger charge is 2.26. The number of ether oxygens (including phenoxy) is 1. The van der Waals surface area contributed by atoms with Gasteiger partial charge in [0.1, 0.15) is 5.54 Å². The summed E-state index contributed by atoms with van der Waals surface area (Å²) in [5, 5.41) is 0. The van der Waals surface area contributed by atoms with Crippen molar-refractivity contribution in [2.75, 3.05) is 18.1 Å². The molecule has 1 rings (SSSR count). The Morgan fingerprint density at radius 1 is 1.71 bits per heavy atom. The van der Waals surface area contributed by atoms with Crippen LogP contribution in [0.2, 0.25) is 0 Å². The summed E-state index contributed by atoms with van der Waals surface area (Å²) in [5.74, 6) is 1.01. The maximum atomic E-state index is 10.9. The Balaban J connectivity index is 2.16. The van der Waals surface area contributed by atoms with E-state index in [9.17, 15) is 4.79 Å². The molecule has 1 heterocycles. The molecule has 0 aromatic heterocycles. The van der Waals surface area contributed by atoms with Crippen LogP contribution in [0.3, 0.4) is 0 Å². The molecule has 4 N–H and O–H groups in total. The Labute approximate surface area is 88.7 Å². The minimum absolute atomic E-state index is 0.337. The molecule has 1 amide bonds. The molecule has 4 nitrogen and oxygen atoms in total. The van der Waals surface area contributed by atoms with Gasteiger partial charge in [0.2, 0.25) is 5.91 Å². The van der Waals surface area contributed by atoms with E-state index in [0.717, 1.165) is 25.2 Å². The quantitative estimate of drug-likeness (QED) is 0.686. The van der Waals surface area contributed by atoms with Gasteiger partial charge in [-0.2, -0.15) is 11.8 Å². The van der Waals surface area contributed by atoms with E-state index in [0.29, 0.717) is 11.9 Å². The molecule has 82 valence electrons. The van der Waals surface area contributed by atoms with Crippen molar-refractivity contribution in [3.8, 4) is 0 Å². The summed E-state index contributed by atoms with van der Waals surface area (Å²) in [7, 11) is 0. The first-order chi connectivity index (χ1) is 6.52. The maximum absolute atomic E-state index is 10.9. The summed E-state index contributed by atoms with van der Waals surface area (Å²) in [6, 6.07) is 0. The number of carbonyl (C=O) groups excluding carboxylic acids is 1. The van der Waals surface area contributed by atoms with Gasteiger partial charge < -0.3 is 16.2 Å². The van der Waals surface area contributed by atoms with E-state index in [-0.39, 0.29) is 0 Å². The smallest absolute Gasteiger partial charge is 0.238 e. The van der Waals surface area contributed by atoms with E-state index in [1.165, 1.54) is 0 Å². The fraction of sp³-hybridized carbons (Fsp3) is 0.889. The van der Waals surface area contributed by atoms with Crippen LogP contribution in [0.25, 0.3) is 0 Å². The van der Waals surface area contributed by atoms with Crippen molar-refractivity contribution >= 4 is 17.7 Å². The van der Waals surface area contributed by atoms with Crippen LogP contribution >= 0.6 is 11.8 Å². The second-order valence-electron chi connectivity index (χ2n) is 3.93. The van der Waals surface area contributed by atoms with Crippen LogP contribution in [0.1, 0.15) is 19.8 Å². The average Bonchev–Trinajstić information content (AvgIpc) is 2.56. The van der Waals surface area contributed by atoms with Crippen LogP contribution in [0.15, 0.2) is 0 Å². The Bertz CT molecular complexity index is 203. The molecule has 0 aliphatic carbocycles. The third-order valence-electron chi connectivity index (χ3n) is 2.29. The molecule has 1 aliphatic rings. The first kappa shape index (κ1) is 11.8. The van der Waals surface area contributed by atoms with Crippen molar-refractivity contribution in [1.29, 1.82) is 0 Å². The van der Waals surface area contributed by atoms with Gasteiger partial charge >= 0.3 is 0 Å². The van der Waals surface area contributed by atoms with E-state index < -0.39 is 11.4 Å². The summed E-state index contributed by atoms with van der Waals surface area (Å²) < 4.78 is 5.45. The summed E-state index contributed by atoms with van der Waals surface area (Å²) >= 11 is 1.63. The van der Waals surface area contributed by atoms with E-state index in [4.69, 9.17) is 16.2 Å². The lowest BCUT2D eigenvalue weighted by atomic mass is 10.1. The molecule has 2 atom stereocenters. The highest BCUT2D eigenvalue weighted by Crippen LogP contribution is 2.19. The van der Waals surface area contributed by atoms with Gasteiger partial charge in [-0.25, -0.2) is 0 Å². The molecule has 1 fully saturated rings. The van der Waals surface area contributed by atoms with Crippen molar-refractivity contribution in [1.82, 2.24) is 0 Å². The zero-order valence-electron chi connectivity index (χ0n) is 8.49. The van der Waals surface area contributed by atoms with E-state index >= 15 is 0 Å². The van der Waals surface area contributed by atoms with Gasteiger partial charge in [-0.1, -0.05) is 0 Å². The normalized spacial score (nSPS) is 26.0. The third kappa shape index (κ3) is 3.48. The number of rotatable bonds is 5. The van der Waals surface area contributed by atoms with Crippen LogP contribution in [-0.2, 0) is 9.53 Å². The van der Waals surface area contributed by atoms with Crippen molar-refractivity contribution in [2.24, 2.45) is 11.5 Å². The first-order valence-electron chi connectivity index (χ1n) is 4.80. The van der Waals surface area contributed by atoms with Crippen molar-refractivity contribution < 1.29 is 9.53 Å². The molecule has 1 aliphatic heterocycles. The molecule has 14 heavy (non-hydrogen) atoms. The first-order valence-corrected chi connectivity index (χ1v) is 5.96. The fourth-order valence-corrected chi connectivity index (χ4v) is 2.46.